The van der Waals surface area contributed by atoms with Gasteiger partial charge in [-0.25, -0.2) is 0 Å². The molecular formula is C28H37BrN4O5. The Kier molecular flexibility index (Phi) is 10.5. The van der Waals surface area contributed by atoms with Gasteiger partial charge in [-0.15, -0.1) is 17.0 Å². The van der Waals surface area contributed by atoms with Crippen LogP contribution in [0.1, 0.15) is 77.9 Å². The number of fused-ring (bicyclic) bond motifs is 1. The highest BCUT2D eigenvalue weighted by Gasteiger charge is 2.29. The average molecular weight is 590 g/mol. The minimum absolute atomic E-state index is 0. The molecule has 0 fully saturated rings. The number of carbonyl (C=O) groups excluding carboxylic acids is 2. The van der Waals surface area contributed by atoms with Crippen LogP contribution < -0.4 is 15.4 Å². The number of hydrogen-bond acceptors (Lipinski definition) is 6. The molecule has 0 bridgehead atoms. The normalized spacial score (nSPS) is 12.4. The van der Waals surface area contributed by atoms with E-state index in [1.807, 2.05) is 19.1 Å². The fraction of sp³-hybridized carbons (Fsp3) is 0.429. The van der Waals surface area contributed by atoms with E-state index in [0.29, 0.717) is 48.6 Å². The molecule has 0 spiro atoms. The number of rotatable bonds is 11. The summed E-state index contributed by atoms with van der Waals surface area (Å²) in [5.41, 5.74) is 3.96. The molecule has 2 aromatic carbocycles. The van der Waals surface area contributed by atoms with Crippen LogP contribution >= 0.6 is 17.0 Å². The van der Waals surface area contributed by atoms with Gasteiger partial charge in [0.25, 0.3) is 5.91 Å². The van der Waals surface area contributed by atoms with Crippen LogP contribution in [0.3, 0.4) is 0 Å². The third kappa shape index (κ3) is 7.12. The minimum Gasteiger partial charge on any atom is -0.493 e. The van der Waals surface area contributed by atoms with Crippen molar-refractivity contribution in [3.63, 3.8) is 0 Å². The Balaban J connectivity index is 0.00000507. The van der Waals surface area contributed by atoms with Gasteiger partial charge >= 0.3 is 5.97 Å². The molecule has 1 aliphatic heterocycles. The van der Waals surface area contributed by atoms with E-state index >= 15 is 0 Å². The Labute approximate surface area is 234 Å². The van der Waals surface area contributed by atoms with Gasteiger partial charge in [-0.3, -0.25) is 19.8 Å². The van der Waals surface area contributed by atoms with Crippen molar-refractivity contribution in [2.75, 3.05) is 32.1 Å². The maximum Gasteiger partial charge on any atom is 0.303 e. The van der Waals surface area contributed by atoms with Gasteiger partial charge in [0.15, 0.2) is 5.78 Å². The zero-order valence-corrected chi connectivity index (χ0v) is 24.3. The summed E-state index contributed by atoms with van der Waals surface area (Å²) in [6.45, 7) is 9.36. The summed E-state index contributed by atoms with van der Waals surface area (Å²) in [6, 6.07) is 8.95. The molecule has 9 nitrogen and oxygen atoms in total. The molecule has 10 heteroatoms. The van der Waals surface area contributed by atoms with Crippen LogP contribution in [0, 0.1) is 5.41 Å². The number of halogens is 1. The number of nitrogens with one attached hydrogen (secondary N) is 3. The van der Waals surface area contributed by atoms with Crippen molar-refractivity contribution in [3.8, 4) is 5.75 Å². The molecule has 0 aliphatic carbocycles. The zero-order valence-electron chi connectivity index (χ0n) is 22.6. The molecule has 1 aliphatic rings. The Morgan fingerprint density at radius 3 is 2.47 bits per heavy atom. The predicted octanol–water partition coefficient (Wildman–Crippen LogP) is 4.62. The molecule has 0 saturated carbocycles. The summed E-state index contributed by atoms with van der Waals surface area (Å²) in [5, 5.41) is 23.4. The number of amides is 1. The van der Waals surface area contributed by atoms with Gasteiger partial charge < -0.3 is 25.4 Å². The lowest BCUT2D eigenvalue weighted by Gasteiger charge is -2.25. The van der Waals surface area contributed by atoms with Crippen LogP contribution in [0.5, 0.6) is 5.75 Å². The summed E-state index contributed by atoms with van der Waals surface area (Å²) in [4.78, 5) is 38.1. The highest BCUT2D eigenvalue weighted by Crippen LogP contribution is 2.33. The number of aliphatic carboxylic acids is 1. The van der Waals surface area contributed by atoms with E-state index in [2.05, 4.69) is 31.4 Å². The van der Waals surface area contributed by atoms with Crippen LogP contribution in [-0.4, -0.2) is 60.2 Å². The summed E-state index contributed by atoms with van der Waals surface area (Å²) in [6.07, 6.45) is 0.596. The maximum absolute atomic E-state index is 13.3. The first-order valence-electron chi connectivity index (χ1n) is 12.4. The van der Waals surface area contributed by atoms with Crippen molar-refractivity contribution in [1.82, 2.24) is 10.2 Å². The fourth-order valence-electron chi connectivity index (χ4n) is 4.37. The van der Waals surface area contributed by atoms with Crippen LogP contribution in [0.2, 0.25) is 0 Å². The third-order valence-electron chi connectivity index (χ3n) is 6.28. The number of carboxylic acids is 1. The van der Waals surface area contributed by atoms with Crippen LogP contribution in [0.15, 0.2) is 30.3 Å². The van der Waals surface area contributed by atoms with E-state index in [1.165, 1.54) is 0 Å². The first-order valence-corrected chi connectivity index (χ1v) is 12.4. The number of ether oxygens (including phenoxy) is 1. The second-order valence-electron chi connectivity index (χ2n) is 10.1. The monoisotopic (exact) mass is 588 g/mol. The third-order valence-corrected chi connectivity index (χ3v) is 6.28. The number of Topliss-reactive ketones (excluding diaryl/α,β-unsaturated/α-hetero) is 1. The maximum atomic E-state index is 13.3. The number of nitrogens with zero attached hydrogens (tertiary/aromatic N) is 1. The van der Waals surface area contributed by atoms with Crippen LogP contribution in [-0.2, 0) is 16.8 Å². The smallest absolute Gasteiger partial charge is 0.303 e. The van der Waals surface area contributed by atoms with Crippen molar-refractivity contribution in [2.24, 2.45) is 0 Å². The summed E-state index contributed by atoms with van der Waals surface area (Å²) < 4.78 is 5.66. The molecule has 3 rings (SSSR count). The van der Waals surface area contributed by atoms with E-state index in [4.69, 9.17) is 15.3 Å². The van der Waals surface area contributed by atoms with Gasteiger partial charge in [-0.1, -0.05) is 20.8 Å². The molecule has 1 amide bonds. The van der Waals surface area contributed by atoms with Gasteiger partial charge in [0.2, 0.25) is 0 Å². The summed E-state index contributed by atoms with van der Waals surface area (Å²) in [7, 11) is 1.55. The fourth-order valence-corrected chi connectivity index (χ4v) is 4.37. The van der Waals surface area contributed by atoms with Crippen molar-refractivity contribution < 1.29 is 24.2 Å². The standard InChI is InChI=1S/C28H36N4O5.BrH/c1-6-37-24-13-18-15-32(26(29)19(18)14-20(24)27(36)30-5)16-23(33)17-9-10-22(21(12-17)28(2,3)4)31-11-7-8-25(34)35;/h9-10,12-14,29,31H,6-8,11,15-16H2,1-5H3,(H,30,36)(H,34,35);1H. The van der Waals surface area contributed by atoms with E-state index in [9.17, 15) is 14.4 Å². The number of amidine groups is 1. The van der Waals surface area contributed by atoms with Crippen LogP contribution in [0.25, 0.3) is 0 Å². The molecule has 0 radical (unpaired) electrons. The molecule has 0 atom stereocenters. The Hall–Kier alpha value is -3.40. The van der Waals surface area contributed by atoms with E-state index in [1.54, 1.807) is 30.1 Å². The first-order chi connectivity index (χ1) is 17.5. The van der Waals surface area contributed by atoms with Gasteiger partial charge in [0.1, 0.15) is 11.6 Å². The predicted molar refractivity (Wildman–Crippen MR) is 153 cm³/mol. The Morgan fingerprint density at radius 1 is 1.16 bits per heavy atom. The molecule has 2 aromatic rings. The van der Waals surface area contributed by atoms with Crippen molar-refractivity contribution >= 4 is 46.2 Å². The number of carbonyl (C=O) groups is 3. The first kappa shape index (κ1) is 30.8. The average Bonchev–Trinajstić information content (AvgIpc) is 3.14. The van der Waals surface area contributed by atoms with Crippen molar-refractivity contribution in [2.45, 2.75) is 52.5 Å². The number of hydrogen-bond donors (Lipinski definition) is 4. The summed E-state index contributed by atoms with van der Waals surface area (Å²) >= 11 is 0. The Bertz CT molecular complexity index is 1220. The van der Waals surface area contributed by atoms with E-state index in [-0.39, 0.29) is 52.9 Å². The lowest BCUT2D eigenvalue weighted by Crippen LogP contribution is -2.30. The molecule has 38 heavy (non-hydrogen) atoms. The molecule has 0 aromatic heterocycles. The molecule has 4 N–H and O–H groups in total. The van der Waals surface area contributed by atoms with Gasteiger partial charge in [0, 0.05) is 43.4 Å². The van der Waals surface area contributed by atoms with Gasteiger partial charge in [-0.05, 0) is 60.2 Å². The van der Waals surface area contributed by atoms with Crippen LogP contribution in [0.4, 0.5) is 5.69 Å². The molecule has 1 heterocycles. The molecular weight excluding hydrogens is 552 g/mol. The second kappa shape index (κ2) is 12.9. The Morgan fingerprint density at radius 2 is 1.87 bits per heavy atom. The molecule has 0 unspecified atom stereocenters. The van der Waals surface area contributed by atoms with Crippen molar-refractivity contribution in [1.29, 1.82) is 5.41 Å². The SMILES string of the molecule is Br.CCOc1cc2c(cc1C(=O)NC)C(=N)N(CC(=O)c1ccc(NCCCC(=O)O)c(C(C)(C)C)c1)C2. The number of ketones is 1. The van der Waals surface area contributed by atoms with E-state index < -0.39 is 5.97 Å². The van der Waals surface area contributed by atoms with Gasteiger partial charge in [0.05, 0.1) is 18.7 Å². The number of benzene rings is 2. The van der Waals surface area contributed by atoms with Gasteiger partial charge in [-0.2, -0.15) is 0 Å². The quantitative estimate of drug-likeness (QED) is 0.222. The summed E-state index contributed by atoms with van der Waals surface area (Å²) in [5.74, 6) is -0.573. The lowest BCUT2D eigenvalue weighted by molar-refractivity contribution is -0.137. The lowest BCUT2D eigenvalue weighted by atomic mass is 9.84. The minimum atomic E-state index is -0.826. The van der Waals surface area contributed by atoms with Crippen molar-refractivity contribution in [3.05, 3.63) is 58.1 Å². The highest BCUT2D eigenvalue weighted by molar-refractivity contribution is 8.93. The highest BCUT2D eigenvalue weighted by atomic mass is 79.9. The molecule has 206 valence electrons. The second-order valence-corrected chi connectivity index (χ2v) is 10.1. The van der Waals surface area contributed by atoms with E-state index in [0.717, 1.165) is 16.8 Å². The largest absolute Gasteiger partial charge is 0.493 e. The molecule has 0 saturated heterocycles. The number of carboxylic acid groups (broad SMARTS) is 1. The topological polar surface area (TPSA) is 132 Å². The zero-order chi connectivity index (χ0) is 27.3. The number of anilines is 1.